The minimum absolute atomic E-state index is 0.0352. The van der Waals surface area contributed by atoms with Crippen molar-refractivity contribution >= 4 is 17.6 Å². The van der Waals surface area contributed by atoms with Gasteiger partial charge in [0.1, 0.15) is 0 Å². The van der Waals surface area contributed by atoms with Gasteiger partial charge in [-0.1, -0.05) is 36.8 Å². The van der Waals surface area contributed by atoms with E-state index in [-0.39, 0.29) is 11.9 Å². The number of anilines is 1. The third-order valence-electron chi connectivity index (χ3n) is 5.91. The highest BCUT2D eigenvalue weighted by Crippen LogP contribution is 2.32. The predicted molar refractivity (Wildman–Crippen MR) is 121 cm³/mol. The van der Waals surface area contributed by atoms with Gasteiger partial charge in [0.15, 0.2) is 11.5 Å². The van der Waals surface area contributed by atoms with Crippen molar-refractivity contribution in [2.45, 2.75) is 33.2 Å². The topological polar surface area (TPSA) is 79.9 Å². The number of nitrogens with zero attached hydrogens (tertiary/aromatic N) is 1. The maximum atomic E-state index is 12.8. The first-order valence-electron chi connectivity index (χ1n) is 10.5. The molecule has 0 radical (unpaired) electrons. The first-order valence-corrected chi connectivity index (χ1v) is 10.5. The fourth-order valence-electron chi connectivity index (χ4n) is 3.65. The molecule has 2 aromatic rings. The van der Waals surface area contributed by atoms with Gasteiger partial charge in [-0.25, -0.2) is 4.79 Å². The lowest BCUT2D eigenvalue weighted by Gasteiger charge is -2.38. The van der Waals surface area contributed by atoms with Crippen LogP contribution in [0.15, 0.2) is 42.5 Å². The molecule has 166 valence electrons. The van der Waals surface area contributed by atoms with Crippen molar-refractivity contribution in [2.24, 2.45) is 5.41 Å². The first kappa shape index (κ1) is 22.5. The molecular formula is C24H31N3O4. The average Bonchev–Trinajstić information content (AvgIpc) is 2.78. The molecule has 1 aliphatic rings. The van der Waals surface area contributed by atoms with Gasteiger partial charge >= 0.3 is 6.03 Å². The molecule has 0 saturated carbocycles. The number of aryl methyl sites for hydroxylation is 1. The monoisotopic (exact) mass is 425 g/mol. The summed E-state index contributed by atoms with van der Waals surface area (Å²) in [7, 11) is 3.12. The number of nitrogens with one attached hydrogen (secondary N) is 2. The number of ether oxygens (including phenoxy) is 2. The van der Waals surface area contributed by atoms with Crippen molar-refractivity contribution in [3.63, 3.8) is 0 Å². The van der Waals surface area contributed by atoms with E-state index >= 15 is 0 Å². The van der Waals surface area contributed by atoms with E-state index in [1.807, 2.05) is 38.1 Å². The molecule has 3 rings (SSSR count). The number of amides is 3. The number of carbonyl (C=O) groups is 2. The molecule has 7 heteroatoms. The van der Waals surface area contributed by atoms with Crippen molar-refractivity contribution in [3.05, 3.63) is 53.6 Å². The number of carbonyl (C=O) groups excluding carboxylic acids is 2. The van der Waals surface area contributed by atoms with Crippen LogP contribution >= 0.6 is 0 Å². The van der Waals surface area contributed by atoms with Crippen LogP contribution in [-0.4, -0.2) is 44.1 Å². The van der Waals surface area contributed by atoms with Crippen LogP contribution in [-0.2, 0) is 11.3 Å². The Labute approximate surface area is 183 Å². The highest BCUT2D eigenvalue weighted by Gasteiger charge is 2.38. The maximum absolute atomic E-state index is 12.8. The lowest BCUT2D eigenvalue weighted by Crippen LogP contribution is -2.49. The van der Waals surface area contributed by atoms with E-state index < -0.39 is 5.41 Å². The second-order valence-electron chi connectivity index (χ2n) is 8.22. The smallest absolute Gasteiger partial charge is 0.321 e. The number of likely N-dealkylation sites (tertiary alicyclic amines) is 1. The minimum Gasteiger partial charge on any atom is -0.493 e. The molecule has 31 heavy (non-hydrogen) atoms. The number of urea groups is 1. The molecule has 0 aliphatic carbocycles. The molecule has 1 aliphatic heterocycles. The van der Waals surface area contributed by atoms with E-state index in [1.165, 1.54) is 5.56 Å². The average molecular weight is 426 g/mol. The van der Waals surface area contributed by atoms with Crippen LogP contribution in [0.4, 0.5) is 10.5 Å². The van der Waals surface area contributed by atoms with Crippen molar-refractivity contribution in [1.82, 2.24) is 10.2 Å². The Balaban J connectivity index is 1.52. The summed E-state index contributed by atoms with van der Waals surface area (Å²) in [5, 5.41) is 5.95. The fraction of sp³-hybridized carbons (Fsp3) is 0.417. The molecule has 2 N–H and O–H groups in total. The number of hydrogen-bond acceptors (Lipinski definition) is 4. The zero-order chi connectivity index (χ0) is 22.4. The summed E-state index contributed by atoms with van der Waals surface area (Å²) < 4.78 is 10.5. The molecule has 0 spiro atoms. The van der Waals surface area contributed by atoms with Crippen LogP contribution in [0, 0.1) is 12.3 Å². The fourth-order valence-corrected chi connectivity index (χ4v) is 3.65. The van der Waals surface area contributed by atoms with Gasteiger partial charge in [-0.3, -0.25) is 4.79 Å². The number of hydrogen-bond donors (Lipinski definition) is 2. The molecule has 0 aromatic heterocycles. The summed E-state index contributed by atoms with van der Waals surface area (Å²) in [5.74, 6) is 1.19. The van der Waals surface area contributed by atoms with Crippen LogP contribution in [0.1, 0.15) is 30.9 Å². The molecule has 7 nitrogen and oxygen atoms in total. The second kappa shape index (κ2) is 9.73. The highest BCUT2D eigenvalue weighted by atomic mass is 16.5. The molecule has 0 atom stereocenters. The Morgan fingerprint density at radius 3 is 2.26 bits per heavy atom. The number of rotatable bonds is 6. The van der Waals surface area contributed by atoms with E-state index in [9.17, 15) is 9.59 Å². The summed E-state index contributed by atoms with van der Waals surface area (Å²) >= 11 is 0. The molecule has 0 bridgehead atoms. The molecule has 1 fully saturated rings. The summed E-state index contributed by atoms with van der Waals surface area (Å²) in [5.41, 5.74) is 2.42. The van der Waals surface area contributed by atoms with Gasteiger partial charge in [0.25, 0.3) is 0 Å². The Kier molecular flexibility index (Phi) is 7.05. The number of benzene rings is 2. The third kappa shape index (κ3) is 5.48. The van der Waals surface area contributed by atoms with Crippen LogP contribution < -0.4 is 20.1 Å². The Morgan fingerprint density at radius 1 is 1.00 bits per heavy atom. The highest BCUT2D eigenvalue weighted by molar-refractivity contribution is 5.90. The maximum Gasteiger partial charge on any atom is 0.321 e. The van der Waals surface area contributed by atoms with Crippen LogP contribution in [0.3, 0.4) is 0 Å². The van der Waals surface area contributed by atoms with E-state index in [4.69, 9.17) is 9.47 Å². The lowest BCUT2D eigenvalue weighted by molar-refractivity contribution is -0.132. The van der Waals surface area contributed by atoms with Gasteiger partial charge in [0, 0.05) is 36.8 Å². The molecule has 1 heterocycles. The quantitative estimate of drug-likeness (QED) is 0.734. The van der Waals surface area contributed by atoms with Gasteiger partial charge in [0.05, 0.1) is 14.2 Å². The Bertz CT molecular complexity index is 919. The van der Waals surface area contributed by atoms with Crippen molar-refractivity contribution in [3.8, 4) is 11.5 Å². The van der Waals surface area contributed by atoms with Crippen molar-refractivity contribution < 1.29 is 19.1 Å². The van der Waals surface area contributed by atoms with Crippen molar-refractivity contribution in [1.29, 1.82) is 0 Å². The van der Waals surface area contributed by atoms with Crippen LogP contribution in [0.5, 0.6) is 11.5 Å². The Morgan fingerprint density at radius 2 is 1.65 bits per heavy atom. The molecule has 2 aromatic carbocycles. The zero-order valence-electron chi connectivity index (χ0n) is 18.7. The van der Waals surface area contributed by atoms with Crippen molar-refractivity contribution in [2.75, 3.05) is 32.6 Å². The largest absolute Gasteiger partial charge is 0.493 e. The van der Waals surface area contributed by atoms with Gasteiger partial charge in [-0.15, -0.1) is 0 Å². The summed E-state index contributed by atoms with van der Waals surface area (Å²) in [6, 6.07) is 13.2. The molecular weight excluding hydrogens is 394 g/mol. The van der Waals surface area contributed by atoms with E-state index in [1.54, 1.807) is 37.3 Å². The SMILES string of the molecule is COc1ccc(NC(=O)N2CCC(C)(C(=O)NCc3ccc(C)cc3)CC2)cc1OC. The minimum atomic E-state index is -0.481. The first-order chi connectivity index (χ1) is 14.8. The summed E-state index contributed by atoms with van der Waals surface area (Å²) in [6.07, 6.45) is 1.23. The standard InChI is InChI=1S/C24H31N3O4/c1-17-5-7-18(8-6-17)16-25-22(28)24(2)11-13-27(14-12-24)23(29)26-19-9-10-20(30-3)21(15-19)31-4/h5-10,15H,11-14,16H2,1-4H3,(H,25,28)(H,26,29). The molecule has 3 amide bonds. The third-order valence-corrected chi connectivity index (χ3v) is 5.91. The zero-order valence-corrected chi connectivity index (χ0v) is 18.7. The van der Waals surface area contributed by atoms with Crippen LogP contribution in [0.2, 0.25) is 0 Å². The number of piperidine rings is 1. The normalized spacial score (nSPS) is 15.2. The van der Waals surface area contributed by atoms with E-state index in [0.29, 0.717) is 49.7 Å². The van der Waals surface area contributed by atoms with Gasteiger partial charge < -0.3 is 25.0 Å². The molecule has 0 unspecified atom stereocenters. The van der Waals surface area contributed by atoms with Gasteiger partial charge in [-0.05, 0) is 37.5 Å². The van der Waals surface area contributed by atoms with E-state index in [0.717, 1.165) is 5.56 Å². The second-order valence-corrected chi connectivity index (χ2v) is 8.22. The lowest BCUT2D eigenvalue weighted by atomic mass is 9.79. The summed E-state index contributed by atoms with van der Waals surface area (Å²) in [6.45, 7) is 5.57. The summed E-state index contributed by atoms with van der Waals surface area (Å²) in [4.78, 5) is 27.2. The number of methoxy groups -OCH3 is 2. The van der Waals surface area contributed by atoms with E-state index in [2.05, 4.69) is 10.6 Å². The van der Waals surface area contributed by atoms with Gasteiger partial charge in [-0.2, -0.15) is 0 Å². The van der Waals surface area contributed by atoms with Gasteiger partial charge in [0.2, 0.25) is 5.91 Å². The molecule has 1 saturated heterocycles. The van der Waals surface area contributed by atoms with Crippen LogP contribution in [0.25, 0.3) is 0 Å². The Hall–Kier alpha value is -3.22. The predicted octanol–water partition coefficient (Wildman–Crippen LogP) is 3.96.